The molecule has 0 radical (unpaired) electrons. The summed E-state index contributed by atoms with van der Waals surface area (Å²) in [5.74, 6) is 0.839. The van der Waals surface area contributed by atoms with Crippen LogP contribution in [0.4, 0.5) is 10.7 Å². The van der Waals surface area contributed by atoms with Gasteiger partial charge in [0.2, 0.25) is 5.95 Å². The van der Waals surface area contributed by atoms with Crippen LogP contribution in [0, 0.1) is 5.92 Å². The van der Waals surface area contributed by atoms with Crippen LogP contribution in [0.1, 0.15) is 24.2 Å². The Morgan fingerprint density at radius 3 is 2.82 bits per heavy atom. The number of H-pyrrole nitrogens is 1. The van der Waals surface area contributed by atoms with Crippen LogP contribution in [0.3, 0.4) is 0 Å². The fourth-order valence-electron chi connectivity index (χ4n) is 4.02. The molecule has 0 atom stereocenters. The zero-order valence-electron chi connectivity index (χ0n) is 18.4. The van der Waals surface area contributed by atoms with E-state index in [1.54, 1.807) is 24.5 Å². The molecular weight excluding hydrogens is 452 g/mol. The Hall–Kier alpha value is -3.57. The average Bonchev–Trinajstić information content (AvgIpc) is 3.50. The molecule has 11 heteroatoms. The van der Waals surface area contributed by atoms with Crippen molar-refractivity contribution in [2.75, 3.05) is 24.5 Å². The van der Waals surface area contributed by atoms with Gasteiger partial charge >= 0.3 is 0 Å². The molecule has 3 N–H and O–H groups in total. The van der Waals surface area contributed by atoms with E-state index >= 15 is 0 Å². The van der Waals surface area contributed by atoms with Gasteiger partial charge in [0.05, 0.1) is 28.2 Å². The molecule has 0 aromatic carbocycles. The highest BCUT2D eigenvalue weighted by Gasteiger charge is 2.25. The SMILES string of the molecule is O=C1NC(=O)/C(=C\c2ccnc(N3CCC(CNCc4cccc(-c5cn[nH]c5)n4)CC3)n2)S1. The number of pyridine rings is 1. The van der Waals surface area contributed by atoms with Gasteiger partial charge in [-0.3, -0.25) is 25.0 Å². The number of anilines is 1. The fraction of sp³-hybridized carbons (Fsp3) is 0.304. The fourth-order valence-corrected chi connectivity index (χ4v) is 4.69. The third-order valence-corrected chi connectivity index (χ3v) is 6.63. The molecule has 2 amide bonds. The Kier molecular flexibility index (Phi) is 6.63. The van der Waals surface area contributed by atoms with Gasteiger partial charge in [-0.15, -0.1) is 0 Å². The second-order valence-electron chi connectivity index (χ2n) is 8.20. The summed E-state index contributed by atoms with van der Waals surface area (Å²) in [5, 5.41) is 12.2. The van der Waals surface area contributed by atoms with E-state index in [9.17, 15) is 9.59 Å². The number of rotatable bonds is 7. The molecule has 2 fully saturated rings. The summed E-state index contributed by atoms with van der Waals surface area (Å²) < 4.78 is 0. The molecular formula is C23H24N8O2S. The first-order valence-corrected chi connectivity index (χ1v) is 11.9. The largest absolute Gasteiger partial charge is 0.341 e. The molecule has 3 aromatic heterocycles. The summed E-state index contributed by atoms with van der Waals surface area (Å²) in [5.41, 5.74) is 3.52. The Labute approximate surface area is 200 Å². The van der Waals surface area contributed by atoms with Gasteiger partial charge in [0.1, 0.15) is 0 Å². The second-order valence-corrected chi connectivity index (χ2v) is 9.21. The first-order chi connectivity index (χ1) is 16.6. The van der Waals surface area contributed by atoms with E-state index < -0.39 is 0 Å². The summed E-state index contributed by atoms with van der Waals surface area (Å²) in [6, 6.07) is 7.77. The van der Waals surface area contributed by atoms with E-state index in [1.165, 1.54) is 0 Å². The standard InChI is InChI=1S/C23H24N8O2S/c32-21-20(34-23(33)30-21)10-17-4-7-25-22(29-17)31-8-5-15(6-9-31)11-24-14-18-2-1-3-19(28-18)16-12-26-27-13-16/h1-4,7,10,12-13,15,24H,5-6,8-9,11,14H2,(H,26,27)(H,30,32,33)/b20-10+. The molecule has 5 heterocycles. The Balaban J connectivity index is 1.11. The zero-order chi connectivity index (χ0) is 23.3. The van der Waals surface area contributed by atoms with Crippen molar-refractivity contribution >= 4 is 34.9 Å². The van der Waals surface area contributed by atoms with Gasteiger partial charge in [0.15, 0.2) is 0 Å². The number of thioether (sulfide) groups is 1. The summed E-state index contributed by atoms with van der Waals surface area (Å²) in [7, 11) is 0. The number of hydrogen-bond donors (Lipinski definition) is 3. The van der Waals surface area contributed by atoms with Crippen LogP contribution in [-0.4, -0.2) is 55.9 Å². The topological polar surface area (TPSA) is 129 Å². The van der Waals surface area contributed by atoms with Gasteiger partial charge in [0, 0.05) is 37.6 Å². The van der Waals surface area contributed by atoms with E-state index in [0.717, 1.165) is 67.7 Å². The smallest absolute Gasteiger partial charge is 0.290 e. The van der Waals surface area contributed by atoms with E-state index in [-0.39, 0.29) is 11.1 Å². The first-order valence-electron chi connectivity index (χ1n) is 11.1. The lowest BCUT2D eigenvalue weighted by molar-refractivity contribution is -0.115. The van der Waals surface area contributed by atoms with Crippen LogP contribution in [-0.2, 0) is 11.3 Å². The number of nitrogens with zero attached hydrogens (tertiary/aromatic N) is 5. The summed E-state index contributed by atoms with van der Waals surface area (Å²) in [4.78, 5) is 39.3. The Morgan fingerprint density at radius 1 is 1.18 bits per heavy atom. The third-order valence-electron chi connectivity index (χ3n) is 5.82. The second kappa shape index (κ2) is 10.1. The van der Waals surface area contributed by atoms with Crippen LogP contribution in [0.5, 0.6) is 0 Å². The van der Waals surface area contributed by atoms with Crippen molar-refractivity contribution in [1.82, 2.24) is 35.8 Å². The lowest BCUT2D eigenvalue weighted by Crippen LogP contribution is -2.38. The van der Waals surface area contributed by atoms with Gasteiger partial charge in [0.25, 0.3) is 11.1 Å². The molecule has 10 nitrogen and oxygen atoms in total. The molecule has 5 rings (SSSR count). The Morgan fingerprint density at radius 2 is 2.06 bits per heavy atom. The molecule has 0 unspecified atom stereocenters. The first kappa shape index (κ1) is 22.2. The molecule has 0 spiro atoms. The molecule has 3 aromatic rings. The van der Waals surface area contributed by atoms with Crippen molar-refractivity contribution in [1.29, 1.82) is 0 Å². The van der Waals surface area contributed by atoms with Gasteiger partial charge in [-0.05, 0) is 61.3 Å². The van der Waals surface area contributed by atoms with E-state index in [4.69, 9.17) is 4.98 Å². The lowest BCUT2D eigenvalue weighted by atomic mass is 9.97. The molecule has 34 heavy (non-hydrogen) atoms. The normalized spacial score (nSPS) is 18.0. The maximum atomic E-state index is 11.8. The van der Waals surface area contributed by atoms with Crippen molar-refractivity contribution in [2.45, 2.75) is 19.4 Å². The van der Waals surface area contributed by atoms with Gasteiger partial charge in [-0.25, -0.2) is 9.97 Å². The summed E-state index contributed by atoms with van der Waals surface area (Å²) >= 11 is 0.888. The van der Waals surface area contributed by atoms with Gasteiger partial charge in [-0.1, -0.05) is 6.07 Å². The summed E-state index contributed by atoms with van der Waals surface area (Å²) in [6.07, 6.45) is 9.01. The van der Waals surface area contributed by atoms with Crippen LogP contribution in [0.2, 0.25) is 0 Å². The highest BCUT2D eigenvalue weighted by molar-refractivity contribution is 8.18. The van der Waals surface area contributed by atoms with Crippen molar-refractivity contribution in [2.24, 2.45) is 5.92 Å². The quantitative estimate of drug-likeness (QED) is 0.441. The minimum atomic E-state index is -0.383. The number of aromatic nitrogens is 5. The van der Waals surface area contributed by atoms with Crippen LogP contribution in [0.25, 0.3) is 17.3 Å². The number of carbonyl (C=O) groups is 2. The molecule has 0 aliphatic carbocycles. The predicted octanol–water partition coefficient (Wildman–Crippen LogP) is 2.59. The molecule has 174 valence electrons. The lowest BCUT2D eigenvalue weighted by Gasteiger charge is -2.32. The molecule has 2 saturated heterocycles. The highest BCUT2D eigenvalue weighted by atomic mass is 32.2. The van der Waals surface area contributed by atoms with Gasteiger partial charge < -0.3 is 10.2 Å². The number of piperidine rings is 1. The predicted molar refractivity (Wildman–Crippen MR) is 130 cm³/mol. The third kappa shape index (κ3) is 5.32. The van der Waals surface area contributed by atoms with Crippen molar-refractivity contribution in [3.63, 3.8) is 0 Å². The number of carbonyl (C=O) groups excluding carboxylic acids is 2. The molecule has 0 bridgehead atoms. The minimum Gasteiger partial charge on any atom is -0.341 e. The van der Waals surface area contributed by atoms with Crippen LogP contribution >= 0.6 is 11.8 Å². The van der Waals surface area contributed by atoms with Crippen molar-refractivity contribution in [3.8, 4) is 11.3 Å². The van der Waals surface area contributed by atoms with E-state index in [1.807, 2.05) is 24.4 Å². The maximum absolute atomic E-state index is 11.8. The number of imide groups is 1. The monoisotopic (exact) mass is 476 g/mol. The molecule has 0 saturated carbocycles. The summed E-state index contributed by atoms with van der Waals surface area (Å²) in [6.45, 7) is 3.39. The Bertz CT molecular complexity index is 1210. The number of nitrogens with one attached hydrogen (secondary N) is 3. The average molecular weight is 477 g/mol. The zero-order valence-corrected chi connectivity index (χ0v) is 19.2. The minimum absolute atomic E-state index is 0.351. The van der Waals surface area contributed by atoms with Crippen molar-refractivity contribution in [3.05, 3.63) is 59.1 Å². The maximum Gasteiger partial charge on any atom is 0.290 e. The molecule has 2 aliphatic heterocycles. The van der Waals surface area contributed by atoms with Crippen molar-refractivity contribution < 1.29 is 9.59 Å². The number of hydrogen-bond acceptors (Lipinski definition) is 9. The number of aromatic amines is 1. The van der Waals surface area contributed by atoms with E-state index in [0.29, 0.717) is 22.5 Å². The van der Waals surface area contributed by atoms with Crippen LogP contribution < -0.4 is 15.5 Å². The van der Waals surface area contributed by atoms with E-state index in [2.05, 4.69) is 35.7 Å². The van der Waals surface area contributed by atoms with Gasteiger partial charge in [-0.2, -0.15) is 5.10 Å². The molecule has 2 aliphatic rings. The number of amides is 2. The highest BCUT2D eigenvalue weighted by Crippen LogP contribution is 2.26. The van der Waals surface area contributed by atoms with Crippen LogP contribution in [0.15, 0.2) is 47.8 Å².